The fourth-order valence-electron chi connectivity index (χ4n) is 2.49. The molecular weight excluding hydrogens is 335 g/mol. The molecule has 0 fully saturated rings. The topological polar surface area (TPSA) is 20.5 Å². The molecule has 1 aromatic heterocycles. The molecule has 0 atom stereocenters. The largest absolute Gasteiger partial charge is 0.673 e. The maximum Gasteiger partial charge on any atom is 0.673 e. The van der Waals surface area contributed by atoms with E-state index in [2.05, 4.69) is 42.5 Å². The maximum absolute atomic E-state index is 9.75. The molecule has 0 unspecified atom stereocenters. The van der Waals surface area contributed by atoms with Crippen LogP contribution in [0.25, 0.3) is 21.9 Å². The molecule has 1 heterocycles. The molecule has 0 amide bonds. The zero-order valence-electron chi connectivity index (χ0n) is 14.0. The second kappa shape index (κ2) is 7.55. The molecule has 0 radical (unpaired) electrons. The summed E-state index contributed by atoms with van der Waals surface area (Å²) in [6.45, 7) is 3.95. The second-order valence-corrected chi connectivity index (χ2v) is 5.49. The second-order valence-electron chi connectivity index (χ2n) is 5.49. The number of aryl methyl sites for hydroxylation is 2. The molecule has 2 nitrogen and oxygen atoms in total. The Bertz CT molecular complexity index is 852. The highest BCUT2D eigenvalue weighted by atomic mass is 19.5. The molecule has 0 saturated carbocycles. The minimum absolute atomic E-state index is 0.885. The van der Waals surface area contributed by atoms with Gasteiger partial charge in [-0.05, 0) is 40.1 Å². The van der Waals surface area contributed by atoms with Gasteiger partial charge in [-0.15, -0.1) is 0 Å². The lowest BCUT2D eigenvalue weighted by Gasteiger charge is -2.05. The van der Waals surface area contributed by atoms with Crippen LogP contribution in [0.15, 0.2) is 52.9 Å². The van der Waals surface area contributed by atoms with Crippen molar-refractivity contribution in [3.63, 3.8) is 0 Å². The number of ether oxygens (including phenoxy) is 1. The summed E-state index contributed by atoms with van der Waals surface area (Å²) < 4.78 is 49.8. The Morgan fingerprint density at radius 3 is 1.84 bits per heavy atom. The molecule has 3 aromatic rings. The molecule has 7 heteroatoms. The van der Waals surface area contributed by atoms with Gasteiger partial charge in [0.05, 0.1) is 21.0 Å². The molecule has 0 spiro atoms. The molecule has 3 rings (SSSR count). The van der Waals surface area contributed by atoms with Crippen molar-refractivity contribution in [1.82, 2.24) is 0 Å². The fraction of sp³-hybridized carbons (Fsp3) is 0.167. The van der Waals surface area contributed by atoms with E-state index in [-0.39, 0.29) is 0 Å². The number of benzene rings is 2. The summed E-state index contributed by atoms with van der Waals surface area (Å²) in [6, 6.07) is 16.7. The zero-order valence-corrected chi connectivity index (χ0v) is 14.0. The number of hydrogen-bond acceptors (Lipinski definition) is 1. The number of rotatable bonds is 2. The Hall–Kier alpha value is -2.57. The van der Waals surface area contributed by atoms with E-state index in [0.29, 0.717) is 0 Å². The van der Waals surface area contributed by atoms with Crippen LogP contribution in [0.5, 0.6) is 5.75 Å². The minimum atomic E-state index is -6.00. The standard InChI is InChI=1S/C18H17O2.BF4/c1-12-8-17(9-13(2)20-12)15-4-5-16-11-18(19-3)7-6-14(16)10-15;2-1(3,4)5/h4-11H,1-3H3;/q+1;-1. The third-order valence-corrected chi connectivity index (χ3v) is 3.42. The Morgan fingerprint density at radius 1 is 0.760 bits per heavy atom. The van der Waals surface area contributed by atoms with E-state index < -0.39 is 7.25 Å². The van der Waals surface area contributed by atoms with E-state index in [1.807, 2.05) is 19.9 Å². The molecular formula is C18H17BF4O2. The molecule has 0 aliphatic carbocycles. The van der Waals surface area contributed by atoms with Gasteiger partial charge in [0.25, 0.3) is 0 Å². The van der Waals surface area contributed by atoms with Crippen molar-refractivity contribution in [3.05, 3.63) is 60.1 Å². The van der Waals surface area contributed by atoms with Crippen LogP contribution >= 0.6 is 0 Å². The molecule has 0 saturated heterocycles. The predicted molar refractivity (Wildman–Crippen MR) is 92.3 cm³/mol. The lowest BCUT2D eigenvalue weighted by Crippen LogP contribution is -2.02. The smallest absolute Gasteiger partial charge is 0.497 e. The van der Waals surface area contributed by atoms with Gasteiger partial charge in [0.1, 0.15) is 5.75 Å². The Balaban J connectivity index is 0.000000399. The fourth-order valence-corrected chi connectivity index (χ4v) is 2.49. The van der Waals surface area contributed by atoms with E-state index in [1.54, 1.807) is 7.11 Å². The first-order chi connectivity index (χ1) is 11.7. The molecule has 132 valence electrons. The van der Waals surface area contributed by atoms with Crippen molar-refractivity contribution in [2.45, 2.75) is 13.8 Å². The van der Waals surface area contributed by atoms with Gasteiger partial charge >= 0.3 is 18.8 Å². The predicted octanol–water partition coefficient (Wildman–Crippen LogP) is 6.31. The molecule has 0 bridgehead atoms. The monoisotopic (exact) mass is 352 g/mol. The van der Waals surface area contributed by atoms with Crippen LogP contribution in [0.2, 0.25) is 0 Å². The van der Waals surface area contributed by atoms with Crippen LogP contribution in [-0.4, -0.2) is 14.4 Å². The quantitative estimate of drug-likeness (QED) is 0.306. The van der Waals surface area contributed by atoms with Crippen molar-refractivity contribution in [1.29, 1.82) is 0 Å². The van der Waals surface area contributed by atoms with Crippen LogP contribution in [0.1, 0.15) is 11.5 Å². The van der Waals surface area contributed by atoms with Crippen LogP contribution < -0.4 is 4.74 Å². The summed E-state index contributed by atoms with van der Waals surface area (Å²) in [5, 5.41) is 2.39. The lowest BCUT2D eigenvalue weighted by molar-refractivity contribution is 0.368. The zero-order chi connectivity index (χ0) is 18.6. The minimum Gasteiger partial charge on any atom is -0.497 e. The van der Waals surface area contributed by atoms with Gasteiger partial charge in [0.2, 0.25) is 0 Å². The molecule has 0 N–H and O–H groups in total. The summed E-state index contributed by atoms with van der Waals surface area (Å²) >= 11 is 0. The summed E-state index contributed by atoms with van der Waals surface area (Å²) in [4.78, 5) is 0. The Morgan fingerprint density at radius 2 is 1.28 bits per heavy atom. The van der Waals surface area contributed by atoms with Gasteiger partial charge in [-0.1, -0.05) is 18.2 Å². The van der Waals surface area contributed by atoms with Crippen LogP contribution in [0, 0.1) is 13.8 Å². The molecule has 0 aliphatic heterocycles. The first-order valence-electron chi connectivity index (χ1n) is 7.52. The van der Waals surface area contributed by atoms with E-state index in [1.165, 1.54) is 21.9 Å². The van der Waals surface area contributed by atoms with Crippen LogP contribution in [0.4, 0.5) is 17.3 Å². The first-order valence-corrected chi connectivity index (χ1v) is 7.52. The van der Waals surface area contributed by atoms with E-state index in [4.69, 9.17) is 9.15 Å². The van der Waals surface area contributed by atoms with Crippen molar-refractivity contribution < 1.29 is 26.4 Å². The van der Waals surface area contributed by atoms with Gasteiger partial charge < -0.3 is 22.0 Å². The summed E-state index contributed by atoms with van der Waals surface area (Å²) in [6.07, 6.45) is 0. The highest BCUT2D eigenvalue weighted by Crippen LogP contribution is 2.28. The van der Waals surface area contributed by atoms with Crippen molar-refractivity contribution in [2.75, 3.05) is 7.11 Å². The van der Waals surface area contributed by atoms with Crippen LogP contribution in [0.3, 0.4) is 0 Å². The number of methoxy groups -OCH3 is 1. The molecule has 25 heavy (non-hydrogen) atoms. The number of hydrogen-bond donors (Lipinski definition) is 0. The highest BCUT2D eigenvalue weighted by molar-refractivity contribution is 6.50. The van der Waals surface area contributed by atoms with E-state index >= 15 is 0 Å². The van der Waals surface area contributed by atoms with Crippen molar-refractivity contribution in [2.24, 2.45) is 0 Å². The summed E-state index contributed by atoms with van der Waals surface area (Å²) in [7, 11) is -4.31. The average molecular weight is 352 g/mol. The summed E-state index contributed by atoms with van der Waals surface area (Å²) in [5.41, 5.74) is 2.38. The third kappa shape index (κ3) is 5.78. The van der Waals surface area contributed by atoms with E-state index in [9.17, 15) is 17.3 Å². The van der Waals surface area contributed by atoms with Crippen molar-refractivity contribution in [3.8, 4) is 16.9 Å². The van der Waals surface area contributed by atoms with Crippen LogP contribution in [-0.2, 0) is 0 Å². The van der Waals surface area contributed by atoms with E-state index in [0.717, 1.165) is 17.3 Å². The SMILES string of the molecule is COc1ccc2cc(-c3cc(C)[o+]c(C)c3)ccc2c1.F[B-](F)(F)F. The van der Waals surface area contributed by atoms with Gasteiger partial charge in [0.15, 0.2) is 0 Å². The van der Waals surface area contributed by atoms with Gasteiger partial charge in [-0.3, -0.25) is 0 Å². The van der Waals surface area contributed by atoms with Gasteiger partial charge in [-0.25, -0.2) is 4.42 Å². The third-order valence-electron chi connectivity index (χ3n) is 3.42. The molecule has 0 aliphatic rings. The lowest BCUT2D eigenvalue weighted by atomic mass is 10.0. The average Bonchev–Trinajstić information content (AvgIpc) is 2.51. The molecule has 2 aromatic carbocycles. The first kappa shape index (κ1) is 18.8. The van der Waals surface area contributed by atoms with Crippen molar-refractivity contribution >= 4 is 18.0 Å². The number of fused-ring (bicyclic) bond motifs is 1. The summed E-state index contributed by atoms with van der Waals surface area (Å²) in [5.74, 6) is 2.74. The number of halogens is 4. The maximum atomic E-state index is 9.75. The highest BCUT2D eigenvalue weighted by Gasteiger charge is 2.20. The normalized spacial score (nSPS) is 11.0. The Kier molecular flexibility index (Phi) is 5.67. The Labute approximate surface area is 143 Å². The van der Waals surface area contributed by atoms with Gasteiger partial charge in [-0.2, -0.15) is 0 Å². The van der Waals surface area contributed by atoms with Gasteiger partial charge in [0, 0.05) is 12.1 Å².